The van der Waals surface area contributed by atoms with Crippen LogP contribution in [0.3, 0.4) is 0 Å². The Bertz CT molecular complexity index is 1490. The van der Waals surface area contributed by atoms with Gasteiger partial charge >= 0.3 is 6.09 Å². The second-order valence-corrected chi connectivity index (χ2v) is 13.2. The van der Waals surface area contributed by atoms with E-state index in [1.807, 2.05) is 85.9 Å². The third-order valence-electron chi connectivity index (χ3n) is 10.0. The van der Waals surface area contributed by atoms with Crippen LogP contribution in [0.2, 0.25) is 0 Å². The largest absolute Gasteiger partial charge is 0.446 e. The summed E-state index contributed by atoms with van der Waals surface area (Å²) in [6.07, 6.45) is 2.90. The van der Waals surface area contributed by atoms with Crippen LogP contribution in [0.15, 0.2) is 78.9 Å². The number of amides is 3. The summed E-state index contributed by atoms with van der Waals surface area (Å²) in [5, 5.41) is 2.97. The van der Waals surface area contributed by atoms with Gasteiger partial charge in [-0.1, -0.05) is 60.7 Å². The van der Waals surface area contributed by atoms with Gasteiger partial charge in [-0.2, -0.15) is 0 Å². The van der Waals surface area contributed by atoms with Crippen molar-refractivity contribution in [3.05, 3.63) is 90.0 Å². The van der Waals surface area contributed by atoms with Crippen LogP contribution in [0.4, 0.5) is 10.5 Å². The molecule has 0 radical (unpaired) electrons. The molecule has 3 aliphatic rings. The monoisotopic (exact) mass is 623 g/mol. The molecule has 2 heterocycles. The van der Waals surface area contributed by atoms with Crippen molar-refractivity contribution in [2.45, 2.75) is 38.3 Å². The molecule has 3 fully saturated rings. The molecule has 0 bridgehead atoms. The summed E-state index contributed by atoms with van der Waals surface area (Å²) in [6, 6.07) is 25.7. The molecule has 2 saturated heterocycles. The number of piperidine rings is 1. The molecule has 1 aliphatic carbocycles. The van der Waals surface area contributed by atoms with E-state index in [1.54, 1.807) is 4.90 Å². The zero-order valence-electron chi connectivity index (χ0n) is 26.6. The summed E-state index contributed by atoms with van der Waals surface area (Å²) in [4.78, 5) is 44.0. The number of nitrogens with one attached hydrogen (secondary N) is 1. The van der Waals surface area contributed by atoms with E-state index in [9.17, 15) is 14.4 Å². The van der Waals surface area contributed by atoms with Gasteiger partial charge in [0.15, 0.2) is 0 Å². The smallest absolute Gasteiger partial charge is 0.411 e. The fraction of sp³-hybridized carbons (Fsp3) is 0.432. The quantitative estimate of drug-likeness (QED) is 0.326. The Morgan fingerprint density at radius 1 is 0.870 bits per heavy atom. The first-order chi connectivity index (χ1) is 22.3. The fourth-order valence-corrected chi connectivity index (χ4v) is 7.37. The Morgan fingerprint density at radius 3 is 2.20 bits per heavy atom. The van der Waals surface area contributed by atoms with E-state index in [0.29, 0.717) is 23.9 Å². The molecule has 46 heavy (non-hydrogen) atoms. The number of primary amides is 1. The average molecular weight is 624 g/mol. The van der Waals surface area contributed by atoms with Crippen molar-refractivity contribution in [1.82, 2.24) is 14.7 Å². The molecule has 3 aromatic carbocycles. The maximum Gasteiger partial charge on any atom is 0.411 e. The summed E-state index contributed by atoms with van der Waals surface area (Å²) in [6.45, 7) is 5.97. The predicted molar refractivity (Wildman–Crippen MR) is 179 cm³/mol. The number of likely N-dealkylation sites (N-methyl/N-ethyl adjacent to an activating group) is 1. The summed E-state index contributed by atoms with van der Waals surface area (Å²) in [5.41, 5.74) is 10.1. The number of rotatable bonds is 10. The lowest BCUT2D eigenvalue weighted by atomic mass is 9.96. The number of anilines is 1. The number of nitrogens with zero attached hydrogens (tertiary/aromatic N) is 3. The molecule has 6 rings (SSSR count). The first-order valence-corrected chi connectivity index (χ1v) is 16.5. The normalized spacial score (nSPS) is 21.9. The molecule has 3 atom stereocenters. The molecular weight excluding hydrogens is 578 g/mol. The van der Waals surface area contributed by atoms with Gasteiger partial charge in [0.2, 0.25) is 5.91 Å². The molecule has 0 unspecified atom stereocenters. The lowest BCUT2D eigenvalue weighted by Gasteiger charge is -2.30. The zero-order chi connectivity index (χ0) is 32.0. The summed E-state index contributed by atoms with van der Waals surface area (Å²) in [7, 11) is 1.87. The van der Waals surface area contributed by atoms with Gasteiger partial charge in [0.1, 0.15) is 6.10 Å². The van der Waals surface area contributed by atoms with E-state index in [4.69, 9.17) is 10.5 Å². The summed E-state index contributed by atoms with van der Waals surface area (Å²) in [5.74, 6) is 0.836. The Labute approximate surface area is 271 Å². The van der Waals surface area contributed by atoms with E-state index < -0.39 is 6.09 Å². The number of likely N-dealkylation sites (tertiary alicyclic amines) is 2. The van der Waals surface area contributed by atoms with Crippen LogP contribution in [0, 0.1) is 17.8 Å². The Morgan fingerprint density at radius 2 is 1.52 bits per heavy atom. The number of benzene rings is 3. The van der Waals surface area contributed by atoms with Crippen molar-refractivity contribution in [2.75, 3.05) is 51.6 Å². The van der Waals surface area contributed by atoms with Gasteiger partial charge < -0.3 is 20.3 Å². The van der Waals surface area contributed by atoms with E-state index >= 15 is 0 Å². The number of nitrogens with two attached hydrogens (primary N) is 1. The highest BCUT2D eigenvalue weighted by Gasteiger charge is 2.42. The van der Waals surface area contributed by atoms with Crippen molar-refractivity contribution in [2.24, 2.45) is 23.5 Å². The van der Waals surface area contributed by atoms with Gasteiger partial charge in [-0.15, -0.1) is 0 Å². The molecule has 0 aromatic heterocycles. The number of fused-ring (bicyclic) bond motifs is 1. The second-order valence-electron chi connectivity index (χ2n) is 13.2. The first kappa shape index (κ1) is 31.8. The number of para-hydroxylation sites is 1. The fourth-order valence-electron chi connectivity index (χ4n) is 7.37. The molecule has 242 valence electrons. The van der Waals surface area contributed by atoms with Gasteiger partial charge in [0.05, 0.1) is 5.69 Å². The molecule has 1 saturated carbocycles. The van der Waals surface area contributed by atoms with Gasteiger partial charge in [0.25, 0.3) is 5.91 Å². The lowest BCUT2D eigenvalue weighted by Crippen LogP contribution is -2.38. The van der Waals surface area contributed by atoms with Crippen LogP contribution in [0.5, 0.6) is 0 Å². The highest BCUT2D eigenvalue weighted by Crippen LogP contribution is 2.39. The number of hydrogen-bond acceptors (Lipinski definition) is 6. The van der Waals surface area contributed by atoms with Crippen LogP contribution in [-0.4, -0.2) is 85.0 Å². The van der Waals surface area contributed by atoms with Crippen LogP contribution in [-0.2, 0) is 16.1 Å². The molecule has 0 spiro atoms. The Kier molecular flexibility index (Phi) is 10.00. The van der Waals surface area contributed by atoms with Crippen molar-refractivity contribution >= 4 is 23.6 Å². The summed E-state index contributed by atoms with van der Waals surface area (Å²) < 4.78 is 5.88. The molecule has 3 amide bonds. The zero-order valence-corrected chi connectivity index (χ0v) is 26.6. The van der Waals surface area contributed by atoms with E-state index in [1.165, 1.54) is 0 Å². The van der Waals surface area contributed by atoms with Crippen LogP contribution in [0.1, 0.15) is 41.6 Å². The van der Waals surface area contributed by atoms with Crippen LogP contribution in [0.25, 0.3) is 11.1 Å². The predicted octanol–water partition coefficient (Wildman–Crippen LogP) is 5.08. The standard InChI is InChI=1S/C37H45N5O4/c1-40(36(44)29-13-11-26(12-14-29)23-41-17-15-28(16-18-41)35(38)43)19-20-42-24-30-21-32(22-31(30)25-42)46-37(45)39-34-10-6-5-9-33(34)27-7-3-2-4-8-27/h2-14,28,30-32H,15-25H2,1H3,(H2,38,43)(H,39,45)/t30-,31+,32+. The average Bonchev–Trinajstić information content (AvgIpc) is 3.62. The molecule has 9 nitrogen and oxygen atoms in total. The van der Waals surface area contributed by atoms with E-state index in [0.717, 1.165) is 87.3 Å². The minimum absolute atomic E-state index is 0.00842. The Balaban J connectivity index is 0.911. The van der Waals surface area contributed by atoms with Gasteiger partial charge in [0, 0.05) is 56.8 Å². The van der Waals surface area contributed by atoms with Gasteiger partial charge in [-0.05, 0) is 79.9 Å². The molecule has 3 N–H and O–H groups in total. The first-order valence-electron chi connectivity index (χ1n) is 16.5. The van der Waals surface area contributed by atoms with E-state index in [2.05, 4.69) is 15.1 Å². The number of hydrogen-bond donors (Lipinski definition) is 2. The highest BCUT2D eigenvalue weighted by atomic mass is 16.6. The van der Waals surface area contributed by atoms with Gasteiger partial charge in [-0.25, -0.2) is 4.79 Å². The number of carbonyl (C=O) groups is 3. The highest BCUT2D eigenvalue weighted by molar-refractivity contribution is 5.94. The topological polar surface area (TPSA) is 108 Å². The SMILES string of the molecule is CN(CCN1C[C@H]2C[C@H](OC(=O)Nc3ccccc3-c3ccccc3)C[C@H]2C1)C(=O)c1ccc(CN2CCC(C(N)=O)CC2)cc1. The molecule has 3 aromatic rings. The molecular formula is C37H45N5O4. The van der Waals surface area contributed by atoms with Crippen molar-refractivity contribution in [3.63, 3.8) is 0 Å². The molecule has 9 heteroatoms. The third kappa shape index (κ3) is 7.77. The minimum Gasteiger partial charge on any atom is -0.446 e. The summed E-state index contributed by atoms with van der Waals surface area (Å²) >= 11 is 0. The lowest BCUT2D eigenvalue weighted by molar-refractivity contribution is -0.123. The minimum atomic E-state index is -0.400. The van der Waals surface area contributed by atoms with E-state index in [-0.39, 0.29) is 23.8 Å². The van der Waals surface area contributed by atoms with Crippen LogP contribution < -0.4 is 11.1 Å². The number of ether oxygens (including phenoxy) is 1. The maximum absolute atomic E-state index is 13.1. The number of carbonyl (C=O) groups excluding carboxylic acids is 3. The van der Waals surface area contributed by atoms with Crippen molar-refractivity contribution < 1.29 is 19.1 Å². The molecule has 2 aliphatic heterocycles. The Hall–Kier alpha value is -4.21. The third-order valence-corrected chi connectivity index (χ3v) is 10.0. The second kappa shape index (κ2) is 14.5. The van der Waals surface area contributed by atoms with Gasteiger partial charge in [-0.3, -0.25) is 19.8 Å². The maximum atomic E-state index is 13.1. The van der Waals surface area contributed by atoms with Crippen molar-refractivity contribution in [1.29, 1.82) is 0 Å². The van der Waals surface area contributed by atoms with Crippen molar-refractivity contribution in [3.8, 4) is 11.1 Å². The van der Waals surface area contributed by atoms with Crippen LogP contribution >= 0.6 is 0 Å².